The zero-order valence-electron chi connectivity index (χ0n) is 12.0. The number of nitrogens with zero attached hydrogens (tertiary/aromatic N) is 2. The number of hydrogen-bond acceptors (Lipinski definition) is 3. The van der Waals surface area contributed by atoms with Crippen LogP contribution >= 0.6 is 11.8 Å². The van der Waals surface area contributed by atoms with Crippen LogP contribution in [0, 0.1) is 13.8 Å². The maximum atomic E-state index is 11.9. The molecule has 0 atom stereocenters. The Kier molecular flexibility index (Phi) is 4.84. The normalized spacial score (nSPS) is 10.6. The summed E-state index contributed by atoms with van der Waals surface area (Å²) in [7, 11) is 1.89. The van der Waals surface area contributed by atoms with Crippen LogP contribution in [0.3, 0.4) is 0 Å². The first-order chi connectivity index (χ1) is 9.54. The number of carbonyl (C=O) groups is 1. The van der Waals surface area contributed by atoms with Crippen molar-refractivity contribution < 1.29 is 4.79 Å². The number of aryl methyl sites for hydroxylation is 3. The smallest absolute Gasteiger partial charge is 0.234 e. The number of carbonyl (C=O) groups excluding carboxylic acids is 1. The number of anilines is 1. The van der Waals surface area contributed by atoms with Crippen LogP contribution in [0.5, 0.6) is 0 Å². The zero-order chi connectivity index (χ0) is 14.5. The Bertz CT molecular complexity index is 607. The lowest BCUT2D eigenvalue weighted by Crippen LogP contribution is -2.14. The van der Waals surface area contributed by atoms with Crippen molar-refractivity contribution in [2.45, 2.75) is 19.6 Å². The van der Waals surface area contributed by atoms with Gasteiger partial charge in [-0.25, -0.2) is 0 Å². The molecule has 4 nitrogen and oxygen atoms in total. The van der Waals surface area contributed by atoms with Gasteiger partial charge in [0.25, 0.3) is 0 Å². The Morgan fingerprint density at radius 2 is 2.15 bits per heavy atom. The highest BCUT2D eigenvalue weighted by Gasteiger charge is 2.04. The van der Waals surface area contributed by atoms with E-state index in [1.165, 1.54) is 11.1 Å². The first kappa shape index (κ1) is 14.7. The molecule has 0 spiro atoms. The number of amides is 1. The Balaban J connectivity index is 1.79. The number of benzene rings is 1. The van der Waals surface area contributed by atoms with Crippen LogP contribution in [-0.2, 0) is 17.6 Å². The van der Waals surface area contributed by atoms with E-state index in [0.717, 1.165) is 17.0 Å². The molecule has 20 heavy (non-hydrogen) atoms. The van der Waals surface area contributed by atoms with E-state index in [9.17, 15) is 4.79 Å². The summed E-state index contributed by atoms with van der Waals surface area (Å²) in [5.41, 5.74) is 4.41. The van der Waals surface area contributed by atoms with E-state index in [1.54, 1.807) is 16.4 Å². The van der Waals surface area contributed by atoms with Gasteiger partial charge in [-0.15, -0.1) is 11.8 Å². The van der Waals surface area contributed by atoms with Gasteiger partial charge < -0.3 is 5.32 Å². The minimum absolute atomic E-state index is 0.0298. The van der Waals surface area contributed by atoms with E-state index in [2.05, 4.69) is 17.3 Å². The Hall–Kier alpha value is -1.75. The van der Waals surface area contributed by atoms with Crippen LogP contribution in [0.25, 0.3) is 0 Å². The second-order valence-corrected chi connectivity index (χ2v) is 5.85. The van der Waals surface area contributed by atoms with Crippen LogP contribution in [0.1, 0.15) is 16.7 Å². The quantitative estimate of drug-likeness (QED) is 0.920. The summed E-state index contributed by atoms with van der Waals surface area (Å²) in [5, 5.41) is 7.02. The molecule has 1 aromatic heterocycles. The largest absolute Gasteiger partial charge is 0.325 e. The molecule has 0 aliphatic rings. The first-order valence-electron chi connectivity index (χ1n) is 6.47. The van der Waals surface area contributed by atoms with Crippen molar-refractivity contribution in [1.82, 2.24) is 9.78 Å². The van der Waals surface area contributed by atoms with Gasteiger partial charge in [0.2, 0.25) is 5.91 Å². The number of hydrogen-bond donors (Lipinski definition) is 1. The summed E-state index contributed by atoms with van der Waals surface area (Å²) in [4.78, 5) is 11.9. The van der Waals surface area contributed by atoms with Crippen molar-refractivity contribution in [1.29, 1.82) is 0 Å². The molecule has 0 radical (unpaired) electrons. The van der Waals surface area contributed by atoms with Gasteiger partial charge in [0, 0.05) is 24.7 Å². The highest BCUT2D eigenvalue weighted by molar-refractivity contribution is 7.99. The molecule has 106 valence electrons. The topological polar surface area (TPSA) is 46.9 Å². The van der Waals surface area contributed by atoms with Crippen molar-refractivity contribution in [2.75, 3.05) is 11.1 Å². The number of thioether (sulfide) groups is 1. The molecule has 0 saturated heterocycles. The van der Waals surface area contributed by atoms with Gasteiger partial charge in [-0.3, -0.25) is 9.48 Å². The zero-order valence-corrected chi connectivity index (χ0v) is 12.8. The maximum absolute atomic E-state index is 11.9. The summed E-state index contributed by atoms with van der Waals surface area (Å²) in [6.45, 7) is 4.10. The molecule has 1 amide bonds. The summed E-state index contributed by atoms with van der Waals surface area (Å²) < 4.78 is 1.77. The molecular weight excluding hydrogens is 270 g/mol. The molecule has 0 saturated carbocycles. The van der Waals surface area contributed by atoms with Crippen LogP contribution in [0.2, 0.25) is 0 Å². The molecule has 2 aromatic rings. The van der Waals surface area contributed by atoms with Gasteiger partial charge in [-0.05, 0) is 42.7 Å². The monoisotopic (exact) mass is 289 g/mol. The van der Waals surface area contributed by atoms with Gasteiger partial charge in [-0.1, -0.05) is 6.07 Å². The molecular formula is C15H19N3OS. The first-order valence-corrected chi connectivity index (χ1v) is 7.62. The van der Waals surface area contributed by atoms with E-state index >= 15 is 0 Å². The molecule has 1 N–H and O–H groups in total. The van der Waals surface area contributed by atoms with E-state index in [-0.39, 0.29) is 5.91 Å². The fraction of sp³-hybridized carbons (Fsp3) is 0.333. The van der Waals surface area contributed by atoms with Crippen LogP contribution in [0.15, 0.2) is 30.6 Å². The second-order valence-electron chi connectivity index (χ2n) is 4.86. The van der Waals surface area contributed by atoms with E-state index < -0.39 is 0 Å². The molecule has 0 aliphatic carbocycles. The molecule has 1 aromatic carbocycles. The van der Waals surface area contributed by atoms with E-state index in [1.807, 2.05) is 44.6 Å². The van der Waals surface area contributed by atoms with Crippen molar-refractivity contribution in [3.05, 3.63) is 47.3 Å². The van der Waals surface area contributed by atoms with Gasteiger partial charge in [0.1, 0.15) is 0 Å². The summed E-state index contributed by atoms with van der Waals surface area (Å²) in [5.74, 6) is 1.28. The number of rotatable bonds is 5. The van der Waals surface area contributed by atoms with Crippen LogP contribution in [0.4, 0.5) is 5.69 Å². The van der Waals surface area contributed by atoms with Gasteiger partial charge >= 0.3 is 0 Å². The minimum atomic E-state index is 0.0298. The predicted molar refractivity (Wildman–Crippen MR) is 83.9 cm³/mol. The fourth-order valence-electron chi connectivity index (χ4n) is 1.82. The highest BCUT2D eigenvalue weighted by Crippen LogP contribution is 2.15. The Morgan fingerprint density at radius 3 is 2.80 bits per heavy atom. The van der Waals surface area contributed by atoms with Crippen LogP contribution in [-0.4, -0.2) is 21.4 Å². The molecule has 2 rings (SSSR count). The predicted octanol–water partition coefficient (Wildman–Crippen LogP) is 2.91. The molecule has 0 aliphatic heterocycles. The molecule has 5 heteroatoms. The lowest BCUT2D eigenvalue weighted by atomic mass is 10.1. The SMILES string of the molecule is Cc1ccc(NC(=O)CSCc2cnn(C)c2)cc1C. The van der Waals surface area contributed by atoms with Crippen molar-refractivity contribution in [3.8, 4) is 0 Å². The lowest BCUT2D eigenvalue weighted by Gasteiger charge is -2.07. The van der Waals surface area contributed by atoms with Crippen LogP contribution < -0.4 is 5.32 Å². The third-order valence-electron chi connectivity index (χ3n) is 3.05. The standard InChI is InChI=1S/C15H19N3OS/c1-11-4-5-14(6-12(11)2)17-15(19)10-20-9-13-7-16-18(3)8-13/h4-8H,9-10H2,1-3H3,(H,17,19). The average molecular weight is 289 g/mol. The Morgan fingerprint density at radius 1 is 1.35 bits per heavy atom. The summed E-state index contributed by atoms with van der Waals surface area (Å²) >= 11 is 1.59. The van der Waals surface area contributed by atoms with Crippen molar-refractivity contribution >= 4 is 23.4 Å². The van der Waals surface area contributed by atoms with E-state index in [4.69, 9.17) is 0 Å². The third kappa shape index (κ3) is 4.13. The molecule has 0 bridgehead atoms. The van der Waals surface area contributed by atoms with Crippen molar-refractivity contribution in [2.24, 2.45) is 7.05 Å². The Labute approximate surface area is 123 Å². The minimum Gasteiger partial charge on any atom is -0.325 e. The van der Waals surface area contributed by atoms with E-state index in [0.29, 0.717) is 5.75 Å². The molecule has 0 fully saturated rings. The highest BCUT2D eigenvalue weighted by atomic mass is 32.2. The lowest BCUT2D eigenvalue weighted by molar-refractivity contribution is -0.113. The van der Waals surface area contributed by atoms with Gasteiger partial charge in [0.05, 0.1) is 11.9 Å². The molecule has 1 heterocycles. The number of aromatic nitrogens is 2. The second kappa shape index (κ2) is 6.61. The maximum Gasteiger partial charge on any atom is 0.234 e. The fourth-order valence-corrected chi connectivity index (χ4v) is 2.57. The molecule has 0 unspecified atom stereocenters. The van der Waals surface area contributed by atoms with Gasteiger partial charge in [0.15, 0.2) is 0 Å². The third-order valence-corrected chi connectivity index (χ3v) is 4.05. The summed E-state index contributed by atoms with van der Waals surface area (Å²) in [6, 6.07) is 5.96. The van der Waals surface area contributed by atoms with Gasteiger partial charge in [-0.2, -0.15) is 5.10 Å². The summed E-state index contributed by atoms with van der Waals surface area (Å²) in [6.07, 6.45) is 3.79. The van der Waals surface area contributed by atoms with Crippen molar-refractivity contribution in [3.63, 3.8) is 0 Å². The number of nitrogens with one attached hydrogen (secondary N) is 1. The average Bonchev–Trinajstić information content (AvgIpc) is 2.80.